The molecule has 0 aliphatic heterocycles. The maximum atomic E-state index is 11.4. The first-order valence-electron chi connectivity index (χ1n) is 4.50. The summed E-state index contributed by atoms with van der Waals surface area (Å²) in [6.45, 7) is 6.27. The fourth-order valence-corrected chi connectivity index (χ4v) is 1.13. The van der Waals surface area contributed by atoms with Crippen molar-refractivity contribution >= 4 is 12.0 Å². The van der Waals surface area contributed by atoms with Crippen LogP contribution in [0.3, 0.4) is 0 Å². The molecule has 0 aromatic heterocycles. The van der Waals surface area contributed by atoms with Crippen molar-refractivity contribution in [2.45, 2.75) is 32.7 Å². The number of nitrogens with zero attached hydrogens (tertiary/aromatic N) is 1. The van der Waals surface area contributed by atoms with Crippen molar-refractivity contribution in [2.24, 2.45) is 0 Å². The van der Waals surface area contributed by atoms with Crippen LogP contribution in [0.1, 0.15) is 20.3 Å². The summed E-state index contributed by atoms with van der Waals surface area (Å²) in [5, 5.41) is 20.3. The zero-order chi connectivity index (χ0) is 12.0. The summed E-state index contributed by atoms with van der Waals surface area (Å²) < 4.78 is 0. The van der Waals surface area contributed by atoms with Gasteiger partial charge in [-0.1, -0.05) is 6.08 Å². The zero-order valence-electron chi connectivity index (χ0n) is 8.80. The quantitative estimate of drug-likeness (QED) is 0.455. The minimum atomic E-state index is -1.36. The number of aliphatic hydroxyl groups excluding tert-OH is 1. The second-order valence-electron chi connectivity index (χ2n) is 3.06. The van der Waals surface area contributed by atoms with Crippen LogP contribution in [0.15, 0.2) is 12.7 Å². The molecule has 2 atom stereocenters. The molecule has 0 aromatic carbocycles. The van der Waals surface area contributed by atoms with Gasteiger partial charge < -0.3 is 10.2 Å². The number of aliphatic hydroxyl groups is 1. The van der Waals surface area contributed by atoms with E-state index < -0.39 is 24.4 Å². The molecule has 0 aliphatic rings. The maximum absolute atomic E-state index is 11.4. The van der Waals surface area contributed by atoms with Crippen molar-refractivity contribution in [3.8, 4) is 0 Å². The van der Waals surface area contributed by atoms with Gasteiger partial charge in [-0.3, -0.25) is 10.1 Å². The van der Waals surface area contributed by atoms with Crippen molar-refractivity contribution in [3.63, 3.8) is 0 Å². The smallest absolute Gasteiger partial charge is 0.415 e. The SMILES string of the molecule is C=CCC(=O)N(C(=O)O)C(C)NC(C)O. The highest BCUT2D eigenvalue weighted by Gasteiger charge is 2.25. The van der Waals surface area contributed by atoms with Crippen LogP contribution < -0.4 is 5.32 Å². The van der Waals surface area contributed by atoms with Gasteiger partial charge in [-0.05, 0) is 13.8 Å². The van der Waals surface area contributed by atoms with E-state index in [4.69, 9.17) is 10.2 Å². The number of carboxylic acid groups (broad SMARTS) is 1. The monoisotopic (exact) mass is 216 g/mol. The molecular formula is C9H16N2O4. The third kappa shape index (κ3) is 4.57. The van der Waals surface area contributed by atoms with Crippen molar-refractivity contribution < 1.29 is 19.8 Å². The summed E-state index contributed by atoms with van der Waals surface area (Å²) in [6, 6.07) is 0. The van der Waals surface area contributed by atoms with Gasteiger partial charge in [0.1, 0.15) is 6.23 Å². The van der Waals surface area contributed by atoms with Crippen molar-refractivity contribution in [3.05, 3.63) is 12.7 Å². The summed E-state index contributed by atoms with van der Waals surface area (Å²) in [6.07, 6.45) is -1.76. The number of rotatable bonds is 5. The third-order valence-electron chi connectivity index (χ3n) is 1.66. The van der Waals surface area contributed by atoms with E-state index in [9.17, 15) is 9.59 Å². The minimum Gasteiger partial charge on any atom is -0.465 e. The Morgan fingerprint density at radius 3 is 2.40 bits per heavy atom. The van der Waals surface area contributed by atoms with Crippen molar-refractivity contribution in [1.29, 1.82) is 0 Å². The highest BCUT2D eigenvalue weighted by molar-refractivity contribution is 5.92. The Morgan fingerprint density at radius 2 is 2.07 bits per heavy atom. The lowest BCUT2D eigenvalue weighted by Crippen LogP contribution is -2.51. The highest BCUT2D eigenvalue weighted by atomic mass is 16.4. The average Bonchev–Trinajstić information content (AvgIpc) is 2.01. The Bertz CT molecular complexity index is 252. The summed E-state index contributed by atoms with van der Waals surface area (Å²) in [4.78, 5) is 22.8. The molecule has 15 heavy (non-hydrogen) atoms. The lowest BCUT2D eigenvalue weighted by atomic mass is 10.3. The summed E-state index contributed by atoms with van der Waals surface area (Å²) in [5.74, 6) is -0.585. The minimum absolute atomic E-state index is 0.0574. The number of nitrogens with one attached hydrogen (secondary N) is 1. The number of imide groups is 1. The van der Waals surface area contributed by atoms with Gasteiger partial charge in [-0.2, -0.15) is 0 Å². The number of carbonyl (C=O) groups excluding carboxylic acids is 1. The first-order chi connectivity index (χ1) is 6.90. The predicted molar refractivity (Wildman–Crippen MR) is 54.0 cm³/mol. The van der Waals surface area contributed by atoms with E-state index in [1.807, 2.05) is 0 Å². The first kappa shape index (κ1) is 13.6. The van der Waals surface area contributed by atoms with Crippen LogP contribution in [0, 0.1) is 0 Å². The van der Waals surface area contributed by atoms with Crippen LogP contribution in [-0.4, -0.2) is 39.5 Å². The summed E-state index contributed by atoms with van der Waals surface area (Å²) in [5.41, 5.74) is 0. The number of hydrogen-bond acceptors (Lipinski definition) is 4. The van der Waals surface area contributed by atoms with E-state index in [2.05, 4.69) is 11.9 Å². The molecule has 0 spiro atoms. The van der Waals surface area contributed by atoms with Crippen LogP contribution >= 0.6 is 0 Å². The molecule has 3 N–H and O–H groups in total. The van der Waals surface area contributed by atoms with Crippen LogP contribution in [-0.2, 0) is 4.79 Å². The topological polar surface area (TPSA) is 89.9 Å². The fourth-order valence-electron chi connectivity index (χ4n) is 1.13. The van der Waals surface area contributed by atoms with Gasteiger partial charge in [-0.15, -0.1) is 6.58 Å². The van der Waals surface area contributed by atoms with Gasteiger partial charge in [0.25, 0.3) is 0 Å². The standard InChI is InChI=1S/C9H16N2O4/c1-4-5-8(13)11(9(14)15)6(2)10-7(3)12/h4,6-7,10,12H,1,5H2,2-3H3,(H,14,15). The van der Waals surface area contributed by atoms with E-state index in [0.29, 0.717) is 4.90 Å². The van der Waals surface area contributed by atoms with Gasteiger partial charge >= 0.3 is 6.09 Å². The molecule has 6 nitrogen and oxygen atoms in total. The number of amides is 2. The Kier molecular flexibility index (Phi) is 5.58. The molecule has 6 heteroatoms. The van der Waals surface area contributed by atoms with E-state index in [0.717, 1.165) is 0 Å². The Labute approximate surface area is 88.2 Å². The normalized spacial score (nSPS) is 14.1. The summed E-state index contributed by atoms with van der Waals surface area (Å²) >= 11 is 0. The first-order valence-corrected chi connectivity index (χ1v) is 4.50. The molecule has 0 aromatic rings. The molecule has 0 rings (SSSR count). The van der Waals surface area contributed by atoms with Crippen LogP contribution in [0.25, 0.3) is 0 Å². The Hall–Kier alpha value is -1.40. The molecule has 0 aliphatic carbocycles. The van der Waals surface area contributed by atoms with E-state index in [1.54, 1.807) is 0 Å². The number of carbonyl (C=O) groups is 2. The van der Waals surface area contributed by atoms with Crippen LogP contribution in [0.4, 0.5) is 4.79 Å². The van der Waals surface area contributed by atoms with Crippen LogP contribution in [0.2, 0.25) is 0 Å². The molecule has 0 saturated heterocycles. The van der Waals surface area contributed by atoms with Gasteiger partial charge in [0.15, 0.2) is 0 Å². The molecule has 0 radical (unpaired) electrons. The Balaban J connectivity index is 4.57. The zero-order valence-corrected chi connectivity index (χ0v) is 8.80. The average molecular weight is 216 g/mol. The third-order valence-corrected chi connectivity index (χ3v) is 1.66. The molecule has 0 fully saturated rings. The predicted octanol–water partition coefficient (Wildman–Crippen LogP) is 0.343. The van der Waals surface area contributed by atoms with Crippen molar-refractivity contribution in [2.75, 3.05) is 0 Å². The Morgan fingerprint density at radius 1 is 1.53 bits per heavy atom. The molecule has 0 saturated carbocycles. The fraction of sp³-hybridized carbons (Fsp3) is 0.556. The van der Waals surface area contributed by atoms with E-state index in [1.165, 1.54) is 19.9 Å². The molecular weight excluding hydrogens is 200 g/mol. The maximum Gasteiger partial charge on any atom is 0.415 e. The van der Waals surface area contributed by atoms with Gasteiger partial charge in [-0.25, -0.2) is 9.69 Å². The van der Waals surface area contributed by atoms with E-state index in [-0.39, 0.29) is 6.42 Å². The molecule has 0 heterocycles. The lowest BCUT2D eigenvalue weighted by Gasteiger charge is -2.26. The second kappa shape index (κ2) is 6.15. The molecule has 86 valence electrons. The largest absolute Gasteiger partial charge is 0.465 e. The van der Waals surface area contributed by atoms with Gasteiger partial charge in [0.2, 0.25) is 5.91 Å². The van der Waals surface area contributed by atoms with Gasteiger partial charge in [0, 0.05) is 6.42 Å². The second-order valence-corrected chi connectivity index (χ2v) is 3.06. The molecule has 2 amide bonds. The van der Waals surface area contributed by atoms with Crippen LogP contribution in [0.5, 0.6) is 0 Å². The van der Waals surface area contributed by atoms with E-state index >= 15 is 0 Å². The van der Waals surface area contributed by atoms with Gasteiger partial charge in [0.05, 0.1) is 6.17 Å². The highest BCUT2D eigenvalue weighted by Crippen LogP contribution is 2.02. The van der Waals surface area contributed by atoms with Crippen molar-refractivity contribution in [1.82, 2.24) is 10.2 Å². The molecule has 0 bridgehead atoms. The molecule has 2 unspecified atom stereocenters. The number of hydrogen-bond donors (Lipinski definition) is 3. The summed E-state index contributed by atoms with van der Waals surface area (Å²) in [7, 11) is 0. The lowest BCUT2D eigenvalue weighted by molar-refractivity contribution is -0.130.